The average molecular weight is 236 g/mol. The Morgan fingerprint density at radius 2 is 2.35 bits per heavy atom. The van der Waals surface area contributed by atoms with Crippen molar-refractivity contribution in [3.63, 3.8) is 0 Å². The van der Waals surface area contributed by atoms with E-state index in [1.54, 1.807) is 10.9 Å². The Kier molecular flexibility index (Phi) is 3.47. The summed E-state index contributed by atoms with van der Waals surface area (Å²) < 4.78 is 1.74. The van der Waals surface area contributed by atoms with E-state index in [0.29, 0.717) is 12.6 Å². The molecule has 1 aliphatic rings. The van der Waals surface area contributed by atoms with Gasteiger partial charge in [-0.1, -0.05) is 0 Å². The first-order valence-corrected chi connectivity index (χ1v) is 6.14. The summed E-state index contributed by atoms with van der Waals surface area (Å²) in [4.78, 5) is 14.4. The van der Waals surface area contributed by atoms with Crippen LogP contribution >= 0.6 is 0 Å². The average Bonchev–Trinajstić information content (AvgIpc) is 3.08. The maximum absolute atomic E-state index is 12.4. The summed E-state index contributed by atoms with van der Waals surface area (Å²) in [6.45, 7) is 3.31. The van der Waals surface area contributed by atoms with Crippen LogP contribution in [0.4, 0.5) is 0 Å². The number of nitrogens with zero attached hydrogens (tertiary/aromatic N) is 3. The monoisotopic (exact) mass is 236 g/mol. The maximum Gasteiger partial charge on any atom is 0.257 e. The molecule has 1 fully saturated rings. The van der Waals surface area contributed by atoms with Crippen LogP contribution in [-0.4, -0.2) is 39.7 Å². The van der Waals surface area contributed by atoms with Crippen molar-refractivity contribution in [1.29, 1.82) is 0 Å². The van der Waals surface area contributed by atoms with Gasteiger partial charge in [0.05, 0.1) is 11.8 Å². The third-order valence-electron chi connectivity index (χ3n) is 3.32. The van der Waals surface area contributed by atoms with E-state index in [4.69, 9.17) is 5.73 Å². The molecule has 1 saturated carbocycles. The number of amides is 1. The summed E-state index contributed by atoms with van der Waals surface area (Å²) in [7, 11) is 1.85. The van der Waals surface area contributed by atoms with Crippen LogP contribution in [0.1, 0.15) is 35.3 Å². The van der Waals surface area contributed by atoms with Crippen LogP contribution in [0.2, 0.25) is 0 Å². The molecular formula is C12H20N4O. The highest BCUT2D eigenvalue weighted by Crippen LogP contribution is 2.28. The van der Waals surface area contributed by atoms with Gasteiger partial charge in [-0.3, -0.25) is 9.48 Å². The molecule has 0 saturated heterocycles. The second kappa shape index (κ2) is 4.87. The molecule has 94 valence electrons. The van der Waals surface area contributed by atoms with Crippen LogP contribution in [0.3, 0.4) is 0 Å². The van der Waals surface area contributed by atoms with Gasteiger partial charge in [-0.2, -0.15) is 5.10 Å². The Bertz CT molecular complexity index is 409. The van der Waals surface area contributed by atoms with Gasteiger partial charge in [0.25, 0.3) is 5.91 Å². The lowest BCUT2D eigenvalue weighted by molar-refractivity contribution is 0.0741. The van der Waals surface area contributed by atoms with Gasteiger partial charge >= 0.3 is 0 Å². The van der Waals surface area contributed by atoms with Crippen molar-refractivity contribution in [2.75, 3.05) is 13.1 Å². The lowest BCUT2D eigenvalue weighted by atomic mass is 10.2. The SMILES string of the molecule is Cc1c(C(=O)N(CCCN)C2CC2)cnn1C. The summed E-state index contributed by atoms with van der Waals surface area (Å²) in [6, 6.07) is 0.425. The molecule has 0 atom stereocenters. The number of hydrogen-bond donors (Lipinski definition) is 1. The zero-order chi connectivity index (χ0) is 12.4. The first kappa shape index (κ1) is 12.1. The molecule has 1 aromatic rings. The highest BCUT2D eigenvalue weighted by atomic mass is 16.2. The maximum atomic E-state index is 12.4. The van der Waals surface area contributed by atoms with Gasteiger partial charge in [-0.25, -0.2) is 0 Å². The molecular weight excluding hydrogens is 216 g/mol. The number of nitrogens with two attached hydrogens (primary N) is 1. The van der Waals surface area contributed by atoms with Gasteiger partial charge < -0.3 is 10.6 Å². The number of rotatable bonds is 5. The number of carbonyl (C=O) groups excluding carboxylic acids is 1. The van der Waals surface area contributed by atoms with Crippen LogP contribution in [-0.2, 0) is 7.05 Å². The number of hydrogen-bond acceptors (Lipinski definition) is 3. The van der Waals surface area contributed by atoms with Crippen LogP contribution in [0.15, 0.2) is 6.20 Å². The van der Waals surface area contributed by atoms with E-state index in [9.17, 15) is 4.79 Å². The van der Waals surface area contributed by atoms with Crippen molar-refractivity contribution >= 4 is 5.91 Å². The molecule has 0 radical (unpaired) electrons. The molecule has 0 unspecified atom stereocenters. The number of carbonyl (C=O) groups is 1. The van der Waals surface area contributed by atoms with Gasteiger partial charge in [0, 0.05) is 25.3 Å². The van der Waals surface area contributed by atoms with Crippen molar-refractivity contribution in [3.8, 4) is 0 Å². The molecule has 17 heavy (non-hydrogen) atoms. The number of aromatic nitrogens is 2. The first-order valence-electron chi connectivity index (χ1n) is 6.14. The molecule has 2 rings (SSSR count). The minimum atomic E-state index is 0.103. The van der Waals surface area contributed by atoms with Crippen LogP contribution < -0.4 is 5.73 Å². The van der Waals surface area contributed by atoms with E-state index in [1.807, 2.05) is 18.9 Å². The van der Waals surface area contributed by atoms with E-state index in [0.717, 1.165) is 37.1 Å². The first-order chi connectivity index (χ1) is 8.15. The fourth-order valence-electron chi connectivity index (χ4n) is 1.96. The Morgan fingerprint density at radius 1 is 1.65 bits per heavy atom. The third-order valence-corrected chi connectivity index (χ3v) is 3.32. The molecule has 0 bridgehead atoms. The molecule has 1 amide bonds. The van der Waals surface area contributed by atoms with Gasteiger partial charge in [-0.15, -0.1) is 0 Å². The molecule has 2 N–H and O–H groups in total. The van der Waals surface area contributed by atoms with E-state index in [1.165, 1.54) is 0 Å². The van der Waals surface area contributed by atoms with Crippen LogP contribution in [0, 0.1) is 6.92 Å². The van der Waals surface area contributed by atoms with E-state index in [-0.39, 0.29) is 5.91 Å². The van der Waals surface area contributed by atoms with Gasteiger partial charge in [-0.05, 0) is 32.7 Å². The second-order valence-electron chi connectivity index (χ2n) is 4.64. The fourth-order valence-corrected chi connectivity index (χ4v) is 1.96. The highest BCUT2D eigenvalue weighted by molar-refractivity contribution is 5.95. The molecule has 0 aromatic carbocycles. The van der Waals surface area contributed by atoms with Crippen molar-refractivity contribution < 1.29 is 4.79 Å². The van der Waals surface area contributed by atoms with Gasteiger partial charge in [0.15, 0.2) is 0 Å². The summed E-state index contributed by atoms with van der Waals surface area (Å²) >= 11 is 0. The highest BCUT2D eigenvalue weighted by Gasteiger charge is 2.33. The number of aryl methyl sites for hydroxylation is 1. The summed E-state index contributed by atoms with van der Waals surface area (Å²) in [6.07, 6.45) is 4.77. The Labute approximate surface area is 102 Å². The van der Waals surface area contributed by atoms with Crippen LogP contribution in [0.5, 0.6) is 0 Å². The standard InChI is InChI=1S/C12H20N4O/c1-9-11(8-14-15(9)2)12(17)16(7-3-6-13)10-4-5-10/h8,10H,3-7,13H2,1-2H3. The predicted octanol–water partition coefficient (Wildman–Crippen LogP) is 0.682. The molecule has 1 heterocycles. The lowest BCUT2D eigenvalue weighted by Crippen LogP contribution is -2.35. The van der Waals surface area contributed by atoms with Crippen molar-refractivity contribution in [1.82, 2.24) is 14.7 Å². The van der Waals surface area contributed by atoms with Crippen LogP contribution in [0.25, 0.3) is 0 Å². The van der Waals surface area contributed by atoms with E-state index in [2.05, 4.69) is 5.10 Å². The normalized spacial score (nSPS) is 15.0. The van der Waals surface area contributed by atoms with Crippen molar-refractivity contribution in [3.05, 3.63) is 17.5 Å². The Balaban J connectivity index is 2.13. The second-order valence-corrected chi connectivity index (χ2v) is 4.64. The zero-order valence-corrected chi connectivity index (χ0v) is 10.5. The third kappa shape index (κ3) is 2.49. The molecule has 0 aliphatic heterocycles. The predicted molar refractivity (Wildman–Crippen MR) is 65.7 cm³/mol. The molecule has 5 heteroatoms. The van der Waals surface area contributed by atoms with Gasteiger partial charge in [0.1, 0.15) is 0 Å². The topological polar surface area (TPSA) is 64.2 Å². The van der Waals surface area contributed by atoms with Gasteiger partial charge in [0.2, 0.25) is 0 Å². The van der Waals surface area contributed by atoms with Crippen molar-refractivity contribution in [2.45, 2.75) is 32.2 Å². The zero-order valence-electron chi connectivity index (χ0n) is 10.5. The fraction of sp³-hybridized carbons (Fsp3) is 0.667. The molecule has 0 spiro atoms. The molecule has 1 aliphatic carbocycles. The molecule has 5 nitrogen and oxygen atoms in total. The largest absolute Gasteiger partial charge is 0.336 e. The minimum absolute atomic E-state index is 0.103. The summed E-state index contributed by atoms with van der Waals surface area (Å²) in [5.74, 6) is 0.103. The lowest BCUT2D eigenvalue weighted by Gasteiger charge is -2.21. The van der Waals surface area contributed by atoms with Crippen molar-refractivity contribution in [2.24, 2.45) is 12.8 Å². The molecule has 1 aromatic heterocycles. The summed E-state index contributed by atoms with van der Waals surface area (Å²) in [5, 5.41) is 4.12. The smallest absolute Gasteiger partial charge is 0.257 e. The minimum Gasteiger partial charge on any atom is -0.336 e. The van der Waals surface area contributed by atoms with E-state index < -0.39 is 0 Å². The Hall–Kier alpha value is -1.36. The summed E-state index contributed by atoms with van der Waals surface area (Å²) in [5.41, 5.74) is 7.16. The quantitative estimate of drug-likeness (QED) is 0.817. The van der Waals surface area contributed by atoms with E-state index >= 15 is 0 Å². The Morgan fingerprint density at radius 3 is 2.82 bits per heavy atom.